The number of nitrogens with zero attached hydrogens (tertiary/aromatic N) is 4. The number of pyridine rings is 1. The molecule has 0 atom stereocenters. The highest BCUT2D eigenvalue weighted by Gasteiger charge is 2.29. The number of carbonyl (C=O) groups excluding carboxylic acids is 1. The van der Waals surface area contributed by atoms with E-state index < -0.39 is 0 Å². The summed E-state index contributed by atoms with van der Waals surface area (Å²) in [4.78, 5) is 18.1. The van der Waals surface area contributed by atoms with E-state index in [0.29, 0.717) is 0 Å². The largest absolute Gasteiger partial charge is 0.312 e. The molecule has 0 aliphatic rings. The van der Waals surface area contributed by atoms with Crippen molar-refractivity contribution in [3.8, 4) is 5.69 Å². The summed E-state index contributed by atoms with van der Waals surface area (Å²) in [6.45, 7) is 5.93. The molecular formula is C15H20N4O. The Labute approximate surface area is 119 Å². The summed E-state index contributed by atoms with van der Waals surface area (Å²) in [5.74, 6) is 0.0886. The standard InChI is InChI=1S/C15H20N4O/c1-5-15(2,3)14(20)18(4)13-10-17-19(11-13)12-7-6-8-16-9-12/h6-11H,5H2,1-4H3. The van der Waals surface area contributed by atoms with Crippen LogP contribution in [0.1, 0.15) is 27.2 Å². The molecule has 0 aliphatic carbocycles. The van der Waals surface area contributed by atoms with Crippen molar-refractivity contribution in [3.05, 3.63) is 36.9 Å². The minimum Gasteiger partial charge on any atom is -0.312 e. The molecule has 0 bridgehead atoms. The zero-order valence-electron chi connectivity index (χ0n) is 12.4. The summed E-state index contributed by atoms with van der Waals surface area (Å²) in [7, 11) is 1.78. The summed E-state index contributed by atoms with van der Waals surface area (Å²) >= 11 is 0. The molecule has 5 heteroatoms. The summed E-state index contributed by atoms with van der Waals surface area (Å²) in [5.41, 5.74) is 1.28. The van der Waals surface area contributed by atoms with Crippen molar-refractivity contribution in [1.82, 2.24) is 14.8 Å². The average Bonchev–Trinajstić information content (AvgIpc) is 2.96. The third-order valence-corrected chi connectivity index (χ3v) is 3.63. The fraction of sp³-hybridized carbons (Fsp3) is 0.400. The van der Waals surface area contributed by atoms with E-state index in [1.165, 1.54) is 0 Å². The van der Waals surface area contributed by atoms with Crippen molar-refractivity contribution >= 4 is 11.6 Å². The first-order valence-corrected chi connectivity index (χ1v) is 6.69. The van der Waals surface area contributed by atoms with E-state index in [-0.39, 0.29) is 11.3 Å². The summed E-state index contributed by atoms with van der Waals surface area (Å²) in [6.07, 6.45) is 7.77. The number of amides is 1. The maximum Gasteiger partial charge on any atom is 0.232 e. The van der Waals surface area contributed by atoms with Crippen LogP contribution < -0.4 is 4.90 Å². The Morgan fingerprint density at radius 2 is 2.15 bits per heavy atom. The van der Waals surface area contributed by atoms with E-state index in [9.17, 15) is 4.79 Å². The molecule has 0 fully saturated rings. The van der Waals surface area contributed by atoms with Crippen LogP contribution in [0.2, 0.25) is 0 Å². The van der Waals surface area contributed by atoms with Crippen LogP contribution in [0.4, 0.5) is 5.69 Å². The number of carbonyl (C=O) groups is 1. The van der Waals surface area contributed by atoms with Crippen molar-refractivity contribution in [2.45, 2.75) is 27.2 Å². The number of aromatic nitrogens is 3. The normalized spacial score (nSPS) is 11.4. The molecule has 0 saturated heterocycles. The monoisotopic (exact) mass is 272 g/mol. The Morgan fingerprint density at radius 1 is 1.40 bits per heavy atom. The van der Waals surface area contributed by atoms with Gasteiger partial charge < -0.3 is 4.90 Å². The minimum atomic E-state index is -0.370. The molecule has 2 aromatic rings. The topological polar surface area (TPSA) is 51.0 Å². The van der Waals surface area contributed by atoms with Gasteiger partial charge >= 0.3 is 0 Å². The SMILES string of the molecule is CCC(C)(C)C(=O)N(C)c1cnn(-c2cccnc2)c1. The van der Waals surface area contributed by atoms with Crippen molar-refractivity contribution in [1.29, 1.82) is 0 Å². The van der Waals surface area contributed by atoms with Crippen LogP contribution in [0.5, 0.6) is 0 Å². The van der Waals surface area contributed by atoms with Gasteiger partial charge in [-0.3, -0.25) is 9.78 Å². The first kappa shape index (κ1) is 14.2. The predicted octanol–water partition coefficient (Wildman–Crippen LogP) is 2.67. The average molecular weight is 272 g/mol. The van der Waals surface area contributed by atoms with Crippen LogP contribution in [0.3, 0.4) is 0 Å². The maximum atomic E-state index is 12.4. The lowest BCUT2D eigenvalue weighted by atomic mass is 9.88. The van der Waals surface area contributed by atoms with Gasteiger partial charge in [-0.05, 0) is 18.6 Å². The van der Waals surface area contributed by atoms with Crippen LogP contribution in [0, 0.1) is 5.41 Å². The van der Waals surface area contributed by atoms with Crippen LogP contribution in [0.15, 0.2) is 36.9 Å². The van der Waals surface area contributed by atoms with Crippen molar-refractivity contribution < 1.29 is 4.79 Å². The third-order valence-electron chi connectivity index (χ3n) is 3.63. The second kappa shape index (κ2) is 5.45. The fourth-order valence-electron chi connectivity index (χ4n) is 1.84. The summed E-state index contributed by atoms with van der Waals surface area (Å²) < 4.78 is 1.71. The lowest BCUT2D eigenvalue weighted by molar-refractivity contribution is -0.126. The van der Waals surface area contributed by atoms with E-state index in [2.05, 4.69) is 10.1 Å². The van der Waals surface area contributed by atoms with Gasteiger partial charge in [-0.2, -0.15) is 5.10 Å². The van der Waals surface area contributed by atoms with E-state index >= 15 is 0 Å². The van der Waals surface area contributed by atoms with Gasteiger partial charge in [0.15, 0.2) is 0 Å². The van der Waals surface area contributed by atoms with E-state index in [0.717, 1.165) is 17.8 Å². The van der Waals surface area contributed by atoms with Crippen LogP contribution in [0.25, 0.3) is 5.69 Å². The molecule has 2 rings (SSSR count). The highest BCUT2D eigenvalue weighted by molar-refractivity contribution is 5.96. The molecule has 0 radical (unpaired) electrons. The van der Waals surface area contributed by atoms with Crippen molar-refractivity contribution in [2.24, 2.45) is 5.41 Å². The quantitative estimate of drug-likeness (QED) is 0.859. The van der Waals surface area contributed by atoms with Gasteiger partial charge in [0.25, 0.3) is 0 Å². The Balaban J connectivity index is 2.23. The summed E-state index contributed by atoms with van der Waals surface area (Å²) in [6, 6.07) is 3.77. The van der Waals surface area contributed by atoms with Gasteiger partial charge in [0.05, 0.1) is 30.0 Å². The molecule has 106 valence electrons. The number of anilines is 1. The molecule has 0 unspecified atom stereocenters. The molecule has 5 nitrogen and oxygen atoms in total. The zero-order valence-corrected chi connectivity index (χ0v) is 12.4. The first-order valence-electron chi connectivity index (χ1n) is 6.69. The Hall–Kier alpha value is -2.17. The molecule has 1 amide bonds. The molecule has 0 aromatic carbocycles. The molecule has 2 heterocycles. The molecule has 0 spiro atoms. The lowest BCUT2D eigenvalue weighted by Crippen LogP contribution is -2.38. The Kier molecular flexibility index (Phi) is 3.88. The second-order valence-corrected chi connectivity index (χ2v) is 5.46. The van der Waals surface area contributed by atoms with Gasteiger partial charge in [0, 0.05) is 18.7 Å². The predicted molar refractivity (Wildman–Crippen MR) is 78.8 cm³/mol. The number of hydrogen-bond acceptors (Lipinski definition) is 3. The number of hydrogen-bond donors (Lipinski definition) is 0. The minimum absolute atomic E-state index is 0.0886. The smallest absolute Gasteiger partial charge is 0.232 e. The van der Waals surface area contributed by atoms with Gasteiger partial charge in [0.1, 0.15) is 0 Å². The molecule has 2 aromatic heterocycles. The highest BCUT2D eigenvalue weighted by atomic mass is 16.2. The van der Waals surface area contributed by atoms with Crippen molar-refractivity contribution in [2.75, 3.05) is 11.9 Å². The Morgan fingerprint density at radius 3 is 2.75 bits per heavy atom. The van der Waals surface area contributed by atoms with Gasteiger partial charge in [0.2, 0.25) is 5.91 Å². The van der Waals surface area contributed by atoms with Gasteiger partial charge in [-0.25, -0.2) is 4.68 Å². The van der Waals surface area contributed by atoms with Crippen LogP contribution in [-0.2, 0) is 4.79 Å². The lowest BCUT2D eigenvalue weighted by Gasteiger charge is -2.27. The number of rotatable bonds is 4. The molecule has 0 saturated carbocycles. The maximum absolute atomic E-state index is 12.4. The van der Waals surface area contributed by atoms with Gasteiger partial charge in [-0.1, -0.05) is 20.8 Å². The third kappa shape index (κ3) is 2.71. The van der Waals surface area contributed by atoms with Gasteiger partial charge in [-0.15, -0.1) is 0 Å². The Bertz CT molecular complexity index is 589. The molecule has 0 N–H and O–H groups in total. The zero-order chi connectivity index (χ0) is 14.8. The van der Waals surface area contributed by atoms with Crippen molar-refractivity contribution in [3.63, 3.8) is 0 Å². The second-order valence-electron chi connectivity index (χ2n) is 5.46. The summed E-state index contributed by atoms with van der Waals surface area (Å²) in [5, 5.41) is 4.28. The molecular weight excluding hydrogens is 252 g/mol. The fourth-order valence-corrected chi connectivity index (χ4v) is 1.84. The first-order chi connectivity index (χ1) is 9.45. The molecule has 20 heavy (non-hydrogen) atoms. The molecule has 0 aliphatic heterocycles. The van der Waals surface area contributed by atoms with Crippen LogP contribution >= 0.6 is 0 Å². The van der Waals surface area contributed by atoms with E-state index in [1.807, 2.05) is 39.1 Å². The van der Waals surface area contributed by atoms with E-state index in [4.69, 9.17) is 0 Å². The van der Waals surface area contributed by atoms with E-state index in [1.54, 1.807) is 35.2 Å². The highest BCUT2D eigenvalue weighted by Crippen LogP contribution is 2.25. The van der Waals surface area contributed by atoms with Crippen LogP contribution in [-0.4, -0.2) is 27.7 Å².